The summed E-state index contributed by atoms with van der Waals surface area (Å²) in [5.74, 6) is 0. The summed E-state index contributed by atoms with van der Waals surface area (Å²) in [6.07, 6.45) is 3.03. The van der Waals surface area contributed by atoms with Crippen molar-refractivity contribution in [3.05, 3.63) is 66.5 Å². The molecule has 0 fully saturated rings. The molecular formula is C15H14N2O. The third-order valence-electron chi connectivity index (χ3n) is 3.10. The molecule has 0 aliphatic heterocycles. The van der Waals surface area contributed by atoms with Crippen LogP contribution in [0.4, 0.5) is 0 Å². The van der Waals surface area contributed by atoms with E-state index in [-0.39, 0.29) is 0 Å². The van der Waals surface area contributed by atoms with Crippen molar-refractivity contribution in [1.29, 1.82) is 0 Å². The summed E-state index contributed by atoms with van der Waals surface area (Å²) in [6.45, 7) is 0.473. The second-order valence-corrected chi connectivity index (χ2v) is 4.31. The molecule has 1 atom stereocenters. The molecule has 18 heavy (non-hydrogen) atoms. The summed E-state index contributed by atoms with van der Waals surface area (Å²) in [6, 6.07) is 15.9. The van der Waals surface area contributed by atoms with Crippen LogP contribution < -0.4 is 0 Å². The first-order valence-electron chi connectivity index (χ1n) is 5.98. The number of aliphatic hydroxyl groups excluding tert-OH is 1. The lowest BCUT2D eigenvalue weighted by atomic mass is 10.0. The lowest BCUT2D eigenvalue weighted by molar-refractivity contribution is 0.153. The molecule has 3 heteroatoms. The maximum Gasteiger partial charge on any atom is 0.0991 e. The zero-order valence-corrected chi connectivity index (χ0v) is 9.90. The van der Waals surface area contributed by atoms with Gasteiger partial charge in [0, 0.05) is 12.4 Å². The molecule has 1 unspecified atom stereocenters. The fourth-order valence-corrected chi connectivity index (χ4v) is 2.23. The Morgan fingerprint density at radius 3 is 2.72 bits per heavy atom. The Hall–Kier alpha value is -2.13. The molecule has 0 radical (unpaired) electrons. The molecule has 0 saturated carbocycles. The average Bonchev–Trinajstić information content (AvgIpc) is 2.91. The largest absolute Gasteiger partial charge is 0.386 e. The van der Waals surface area contributed by atoms with Crippen LogP contribution in [0.15, 0.2) is 60.9 Å². The van der Waals surface area contributed by atoms with E-state index in [0.717, 1.165) is 16.3 Å². The number of rotatable bonds is 3. The molecule has 3 rings (SSSR count). The number of benzene rings is 2. The fraction of sp³-hybridized carbons (Fsp3) is 0.133. The van der Waals surface area contributed by atoms with E-state index < -0.39 is 6.10 Å². The summed E-state index contributed by atoms with van der Waals surface area (Å²) in [5.41, 5.74) is 0.948. The third kappa shape index (κ3) is 2.00. The number of aromatic nitrogens is 2. The molecule has 90 valence electrons. The molecular weight excluding hydrogens is 224 g/mol. The van der Waals surface area contributed by atoms with E-state index in [0.29, 0.717) is 6.54 Å². The van der Waals surface area contributed by atoms with Gasteiger partial charge in [-0.15, -0.1) is 0 Å². The van der Waals surface area contributed by atoms with Gasteiger partial charge in [-0.25, -0.2) is 0 Å². The van der Waals surface area contributed by atoms with E-state index in [2.05, 4.69) is 17.2 Å². The molecule has 1 N–H and O–H groups in total. The van der Waals surface area contributed by atoms with Crippen LogP contribution in [0.1, 0.15) is 11.7 Å². The summed E-state index contributed by atoms with van der Waals surface area (Å²) < 4.78 is 1.74. The molecule has 1 aromatic heterocycles. The van der Waals surface area contributed by atoms with Gasteiger partial charge in [0.1, 0.15) is 0 Å². The number of hydrogen-bond donors (Lipinski definition) is 1. The maximum atomic E-state index is 10.3. The number of aliphatic hydroxyl groups is 1. The number of nitrogens with zero attached hydrogens (tertiary/aromatic N) is 2. The van der Waals surface area contributed by atoms with Crippen molar-refractivity contribution in [2.24, 2.45) is 0 Å². The zero-order valence-electron chi connectivity index (χ0n) is 9.90. The smallest absolute Gasteiger partial charge is 0.0991 e. The first kappa shape index (κ1) is 11.0. The van der Waals surface area contributed by atoms with Crippen LogP contribution in [0.25, 0.3) is 10.8 Å². The Bertz CT molecular complexity index is 641. The van der Waals surface area contributed by atoms with Crippen LogP contribution in [0.3, 0.4) is 0 Å². The lowest BCUT2D eigenvalue weighted by Gasteiger charge is -2.13. The third-order valence-corrected chi connectivity index (χ3v) is 3.10. The van der Waals surface area contributed by atoms with Crippen molar-refractivity contribution in [3.63, 3.8) is 0 Å². The monoisotopic (exact) mass is 238 g/mol. The van der Waals surface area contributed by atoms with Crippen molar-refractivity contribution in [3.8, 4) is 0 Å². The van der Waals surface area contributed by atoms with Gasteiger partial charge in [-0.2, -0.15) is 5.10 Å². The second-order valence-electron chi connectivity index (χ2n) is 4.31. The molecule has 1 heterocycles. The average molecular weight is 238 g/mol. The Labute approximate surface area is 105 Å². The Balaban J connectivity index is 1.98. The first-order valence-corrected chi connectivity index (χ1v) is 5.98. The van der Waals surface area contributed by atoms with Crippen molar-refractivity contribution in [2.75, 3.05) is 0 Å². The minimum atomic E-state index is -0.545. The molecule has 0 saturated heterocycles. The molecule has 3 aromatic rings. The molecule has 2 aromatic carbocycles. The topological polar surface area (TPSA) is 38.0 Å². The maximum absolute atomic E-state index is 10.3. The first-order chi connectivity index (χ1) is 8.84. The van der Waals surface area contributed by atoms with Crippen LogP contribution in [-0.4, -0.2) is 14.9 Å². The van der Waals surface area contributed by atoms with E-state index in [9.17, 15) is 5.11 Å². The normalized spacial score (nSPS) is 12.7. The molecule has 0 aliphatic rings. The summed E-state index contributed by atoms with van der Waals surface area (Å²) in [7, 11) is 0. The highest BCUT2D eigenvalue weighted by molar-refractivity contribution is 5.85. The van der Waals surface area contributed by atoms with Gasteiger partial charge in [0.25, 0.3) is 0 Å². The van der Waals surface area contributed by atoms with Crippen LogP contribution in [0, 0.1) is 0 Å². The van der Waals surface area contributed by atoms with Gasteiger partial charge in [-0.3, -0.25) is 4.68 Å². The van der Waals surface area contributed by atoms with Gasteiger partial charge in [0.05, 0.1) is 12.6 Å². The highest BCUT2D eigenvalue weighted by Gasteiger charge is 2.11. The number of fused-ring (bicyclic) bond motifs is 1. The van der Waals surface area contributed by atoms with Gasteiger partial charge < -0.3 is 5.11 Å². The van der Waals surface area contributed by atoms with Gasteiger partial charge >= 0.3 is 0 Å². The van der Waals surface area contributed by atoms with Crippen molar-refractivity contribution in [1.82, 2.24) is 9.78 Å². The van der Waals surface area contributed by atoms with Crippen LogP contribution in [-0.2, 0) is 6.54 Å². The lowest BCUT2D eigenvalue weighted by Crippen LogP contribution is -2.09. The SMILES string of the molecule is OC(Cn1cccn1)c1cccc2ccccc12. The minimum Gasteiger partial charge on any atom is -0.386 e. The van der Waals surface area contributed by atoms with E-state index in [4.69, 9.17) is 0 Å². The van der Waals surface area contributed by atoms with E-state index in [1.807, 2.05) is 42.6 Å². The fourth-order valence-electron chi connectivity index (χ4n) is 2.23. The summed E-state index contributed by atoms with van der Waals surface area (Å²) >= 11 is 0. The van der Waals surface area contributed by atoms with Gasteiger partial charge in [0.15, 0.2) is 0 Å². The standard InChI is InChI=1S/C15H14N2O/c18-15(11-17-10-4-9-16-17)14-8-3-6-12-5-1-2-7-13(12)14/h1-10,15,18H,11H2. The van der Waals surface area contributed by atoms with Crippen molar-refractivity contribution in [2.45, 2.75) is 12.6 Å². The highest BCUT2D eigenvalue weighted by atomic mass is 16.3. The Morgan fingerprint density at radius 1 is 1.06 bits per heavy atom. The second kappa shape index (κ2) is 4.63. The molecule has 0 aliphatic carbocycles. The van der Waals surface area contributed by atoms with Crippen molar-refractivity contribution >= 4 is 10.8 Å². The molecule has 0 bridgehead atoms. The predicted molar refractivity (Wildman–Crippen MR) is 71.1 cm³/mol. The van der Waals surface area contributed by atoms with E-state index in [1.165, 1.54) is 0 Å². The Kier molecular flexibility index (Phi) is 2.82. The molecule has 0 spiro atoms. The van der Waals surface area contributed by atoms with E-state index >= 15 is 0 Å². The van der Waals surface area contributed by atoms with Crippen LogP contribution in [0.5, 0.6) is 0 Å². The van der Waals surface area contributed by atoms with Gasteiger partial charge in [0.2, 0.25) is 0 Å². The molecule has 3 nitrogen and oxygen atoms in total. The van der Waals surface area contributed by atoms with Gasteiger partial charge in [-0.1, -0.05) is 42.5 Å². The minimum absolute atomic E-state index is 0.473. The van der Waals surface area contributed by atoms with Crippen LogP contribution in [0.2, 0.25) is 0 Å². The predicted octanol–water partition coefficient (Wildman–Crippen LogP) is 2.77. The quantitative estimate of drug-likeness (QED) is 0.762. The highest BCUT2D eigenvalue weighted by Crippen LogP contribution is 2.24. The Morgan fingerprint density at radius 2 is 1.89 bits per heavy atom. The summed E-state index contributed by atoms with van der Waals surface area (Å²) in [5, 5.41) is 16.7. The zero-order chi connectivity index (χ0) is 12.4. The van der Waals surface area contributed by atoms with Crippen LogP contribution >= 0.6 is 0 Å². The van der Waals surface area contributed by atoms with Gasteiger partial charge in [-0.05, 0) is 22.4 Å². The van der Waals surface area contributed by atoms with E-state index in [1.54, 1.807) is 10.9 Å². The van der Waals surface area contributed by atoms with Crippen molar-refractivity contribution < 1.29 is 5.11 Å². The molecule has 0 amide bonds. The summed E-state index contributed by atoms with van der Waals surface area (Å²) in [4.78, 5) is 0. The number of hydrogen-bond acceptors (Lipinski definition) is 2.